The Kier molecular flexibility index (Phi) is 10.0. The number of ether oxygens (including phenoxy) is 2. The molecule has 0 heterocycles. The van der Waals surface area contributed by atoms with Crippen LogP contribution < -0.4 is 0 Å². The smallest absolute Gasteiger partial charge is 0.319 e. The molecule has 0 amide bonds. The lowest BCUT2D eigenvalue weighted by atomic mass is 10.2. The molecular weight excluding hydrogens is 240 g/mol. The Morgan fingerprint density at radius 1 is 1.12 bits per heavy atom. The van der Waals surface area contributed by atoms with Crippen LogP contribution in [0.15, 0.2) is 0 Å². The predicted octanol–water partition coefficient (Wildman–Crippen LogP) is 2.40. The molecule has 100 valence electrons. The molecule has 0 fully saturated rings. The van der Waals surface area contributed by atoms with Gasteiger partial charge < -0.3 is 9.47 Å². The molecule has 0 aliphatic heterocycles. The van der Waals surface area contributed by atoms with E-state index in [4.69, 9.17) is 0 Å². The number of hydrogen-bond acceptors (Lipinski definition) is 5. The highest BCUT2D eigenvalue weighted by molar-refractivity contribution is 8.00. The SMILES string of the molecule is CCCCCCSC(CC(=O)OC)C(=O)OC. The average molecular weight is 262 g/mol. The maximum absolute atomic E-state index is 11.4. The molecule has 5 heteroatoms. The van der Waals surface area contributed by atoms with Gasteiger partial charge in [-0.25, -0.2) is 0 Å². The van der Waals surface area contributed by atoms with Crippen molar-refractivity contribution >= 4 is 23.7 Å². The van der Waals surface area contributed by atoms with Gasteiger partial charge >= 0.3 is 11.9 Å². The van der Waals surface area contributed by atoms with Crippen LogP contribution in [-0.4, -0.2) is 37.2 Å². The number of carbonyl (C=O) groups excluding carboxylic acids is 2. The Bertz CT molecular complexity index is 231. The molecule has 0 aliphatic rings. The van der Waals surface area contributed by atoms with Crippen LogP contribution in [-0.2, 0) is 19.1 Å². The zero-order valence-electron chi connectivity index (χ0n) is 10.9. The number of hydrogen-bond donors (Lipinski definition) is 0. The topological polar surface area (TPSA) is 52.6 Å². The van der Waals surface area contributed by atoms with Gasteiger partial charge in [0, 0.05) is 0 Å². The average Bonchev–Trinajstić information content (AvgIpc) is 2.35. The van der Waals surface area contributed by atoms with Crippen molar-refractivity contribution in [2.45, 2.75) is 44.3 Å². The molecule has 0 bridgehead atoms. The van der Waals surface area contributed by atoms with E-state index in [0.717, 1.165) is 18.6 Å². The van der Waals surface area contributed by atoms with Gasteiger partial charge in [0.15, 0.2) is 0 Å². The number of thioether (sulfide) groups is 1. The summed E-state index contributed by atoms with van der Waals surface area (Å²) in [6.45, 7) is 2.15. The minimum atomic E-state index is -0.436. The molecule has 0 radical (unpaired) electrons. The van der Waals surface area contributed by atoms with E-state index < -0.39 is 5.25 Å². The van der Waals surface area contributed by atoms with Crippen molar-refractivity contribution in [3.63, 3.8) is 0 Å². The molecule has 0 aliphatic carbocycles. The molecule has 4 nitrogen and oxygen atoms in total. The lowest BCUT2D eigenvalue weighted by molar-refractivity contribution is -0.146. The zero-order valence-corrected chi connectivity index (χ0v) is 11.7. The third-order valence-corrected chi connectivity index (χ3v) is 3.65. The molecule has 0 rings (SSSR count). The molecule has 0 saturated heterocycles. The fraction of sp³-hybridized carbons (Fsp3) is 0.833. The normalized spacial score (nSPS) is 11.9. The fourth-order valence-corrected chi connectivity index (χ4v) is 2.47. The predicted molar refractivity (Wildman–Crippen MR) is 69.0 cm³/mol. The van der Waals surface area contributed by atoms with Crippen LogP contribution in [0.3, 0.4) is 0 Å². The van der Waals surface area contributed by atoms with Gasteiger partial charge in [0.05, 0.1) is 20.6 Å². The largest absolute Gasteiger partial charge is 0.469 e. The molecular formula is C12H22O4S. The van der Waals surface area contributed by atoms with Gasteiger partial charge in [0.1, 0.15) is 5.25 Å². The van der Waals surface area contributed by atoms with Crippen molar-refractivity contribution in [1.82, 2.24) is 0 Å². The van der Waals surface area contributed by atoms with Crippen molar-refractivity contribution in [3.05, 3.63) is 0 Å². The van der Waals surface area contributed by atoms with Crippen LogP contribution in [0, 0.1) is 0 Å². The number of esters is 2. The molecule has 0 aromatic heterocycles. The van der Waals surface area contributed by atoms with E-state index in [0.29, 0.717) is 0 Å². The Morgan fingerprint density at radius 3 is 2.35 bits per heavy atom. The zero-order chi connectivity index (χ0) is 13.1. The summed E-state index contributed by atoms with van der Waals surface area (Å²) in [5, 5.41) is -0.436. The molecule has 1 atom stereocenters. The van der Waals surface area contributed by atoms with Crippen molar-refractivity contribution in [2.24, 2.45) is 0 Å². The summed E-state index contributed by atoms with van der Waals surface area (Å²) >= 11 is 1.47. The molecule has 0 aromatic carbocycles. The highest BCUT2D eigenvalue weighted by Gasteiger charge is 2.23. The van der Waals surface area contributed by atoms with Gasteiger partial charge in [0.2, 0.25) is 0 Å². The van der Waals surface area contributed by atoms with E-state index in [1.807, 2.05) is 0 Å². The lowest BCUT2D eigenvalue weighted by Gasteiger charge is -2.12. The summed E-state index contributed by atoms with van der Waals surface area (Å²) in [5.74, 6) is 0.147. The summed E-state index contributed by atoms with van der Waals surface area (Å²) in [6, 6.07) is 0. The Morgan fingerprint density at radius 2 is 1.82 bits per heavy atom. The summed E-state index contributed by atoms with van der Waals surface area (Å²) in [5.41, 5.74) is 0. The molecule has 0 saturated carbocycles. The number of carbonyl (C=O) groups is 2. The van der Waals surface area contributed by atoms with E-state index in [1.165, 1.54) is 38.8 Å². The van der Waals surface area contributed by atoms with E-state index in [-0.39, 0.29) is 18.4 Å². The standard InChI is InChI=1S/C12H22O4S/c1-4-5-6-7-8-17-10(12(14)16-3)9-11(13)15-2/h10H,4-9H2,1-3H3. The number of unbranched alkanes of at least 4 members (excludes halogenated alkanes) is 3. The van der Waals surface area contributed by atoms with E-state index >= 15 is 0 Å². The molecule has 1 unspecified atom stereocenters. The van der Waals surface area contributed by atoms with Crippen molar-refractivity contribution in [1.29, 1.82) is 0 Å². The van der Waals surface area contributed by atoms with Crippen LogP contribution in [0.2, 0.25) is 0 Å². The second-order valence-corrected chi connectivity index (χ2v) is 5.03. The van der Waals surface area contributed by atoms with Gasteiger partial charge in [-0.05, 0) is 12.2 Å². The van der Waals surface area contributed by atoms with Crippen LogP contribution >= 0.6 is 11.8 Å². The second kappa shape index (κ2) is 10.4. The third kappa shape index (κ3) is 8.07. The van der Waals surface area contributed by atoms with Gasteiger partial charge in [-0.1, -0.05) is 26.2 Å². The number of methoxy groups -OCH3 is 2. The molecule has 0 aromatic rings. The Balaban J connectivity index is 3.94. The van der Waals surface area contributed by atoms with Crippen LogP contribution in [0.4, 0.5) is 0 Å². The van der Waals surface area contributed by atoms with Gasteiger partial charge in [0.25, 0.3) is 0 Å². The first kappa shape index (κ1) is 16.3. The monoisotopic (exact) mass is 262 g/mol. The highest BCUT2D eigenvalue weighted by Crippen LogP contribution is 2.19. The van der Waals surface area contributed by atoms with Gasteiger partial charge in [-0.3, -0.25) is 9.59 Å². The van der Waals surface area contributed by atoms with E-state index in [9.17, 15) is 9.59 Å². The number of rotatable bonds is 9. The van der Waals surface area contributed by atoms with Crippen molar-refractivity contribution in [3.8, 4) is 0 Å². The summed E-state index contributed by atoms with van der Waals surface area (Å²) in [4.78, 5) is 22.6. The minimum absolute atomic E-state index is 0.0849. The molecule has 0 N–H and O–H groups in total. The van der Waals surface area contributed by atoms with Crippen molar-refractivity contribution in [2.75, 3.05) is 20.0 Å². The van der Waals surface area contributed by atoms with E-state index in [2.05, 4.69) is 16.4 Å². The summed E-state index contributed by atoms with van der Waals surface area (Å²) in [7, 11) is 2.66. The van der Waals surface area contributed by atoms with E-state index in [1.54, 1.807) is 0 Å². The lowest BCUT2D eigenvalue weighted by Crippen LogP contribution is -2.23. The first-order chi connectivity index (χ1) is 8.15. The third-order valence-electron chi connectivity index (χ3n) is 2.36. The first-order valence-corrected chi connectivity index (χ1v) is 6.96. The maximum Gasteiger partial charge on any atom is 0.319 e. The summed E-state index contributed by atoms with van der Waals surface area (Å²) < 4.78 is 9.23. The van der Waals surface area contributed by atoms with Crippen LogP contribution in [0.5, 0.6) is 0 Å². The quantitative estimate of drug-likeness (QED) is 0.472. The van der Waals surface area contributed by atoms with Gasteiger partial charge in [-0.2, -0.15) is 0 Å². The fourth-order valence-electron chi connectivity index (χ4n) is 1.33. The molecule has 0 spiro atoms. The molecule has 17 heavy (non-hydrogen) atoms. The minimum Gasteiger partial charge on any atom is -0.469 e. The van der Waals surface area contributed by atoms with Crippen molar-refractivity contribution < 1.29 is 19.1 Å². The first-order valence-electron chi connectivity index (χ1n) is 5.91. The van der Waals surface area contributed by atoms with Gasteiger partial charge in [-0.15, -0.1) is 11.8 Å². The Hall–Kier alpha value is -0.710. The highest BCUT2D eigenvalue weighted by atomic mass is 32.2. The van der Waals surface area contributed by atoms with Crippen LogP contribution in [0.25, 0.3) is 0 Å². The Labute approximate surface area is 107 Å². The summed E-state index contributed by atoms with van der Waals surface area (Å²) in [6.07, 6.45) is 4.71. The maximum atomic E-state index is 11.4. The second-order valence-electron chi connectivity index (χ2n) is 3.72. The van der Waals surface area contributed by atoms with Crippen LogP contribution in [0.1, 0.15) is 39.0 Å².